The molecule has 0 spiro atoms. The van der Waals surface area contributed by atoms with E-state index in [2.05, 4.69) is 22.0 Å². The topological polar surface area (TPSA) is 45.0 Å². The number of aliphatic hydroxyl groups excluding tert-OH is 1. The minimum absolute atomic E-state index is 0.362. The number of hydrogen-bond acceptors (Lipinski definition) is 4. The maximum Gasteiger partial charge on any atom is 0.105 e. The van der Waals surface area contributed by atoms with Gasteiger partial charge in [-0.05, 0) is 25.7 Å². The van der Waals surface area contributed by atoms with Crippen LogP contribution in [0.4, 0.5) is 0 Å². The zero-order valence-electron chi connectivity index (χ0n) is 21.4. The third-order valence-corrected chi connectivity index (χ3v) is 8.14. The first-order valence-electron chi connectivity index (χ1n) is 14.5. The van der Waals surface area contributed by atoms with Gasteiger partial charge in [-0.15, -0.1) is 11.8 Å². The van der Waals surface area contributed by atoms with Crippen LogP contribution in [-0.4, -0.2) is 29.4 Å². The summed E-state index contributed by atoms with van der Waals surface area (Å²) in [4.78, 5) is 0. The summed E-state index contributed by atoms with van der Waals surface area (Å²) in [6.07, 6.45) is 32.9. The molecule has 1 aliphatic rings. The molecule has 0 unspecified atom stereocenters. The monoisotopic (exact) mass is 468 g/mol. The summed E-state index contributed by atoms with van der Waals surface area (Å²) < 4.78 is 0. The molecule has 1 saturated carbocycles. The molecule has 4 heteroatoms. The Hall–Kier alpha value is -0.0900. The maximum atomic E-state index is 8.77. The van der Waals surface area contributed by atoms with Crippen LogP contribution in [-0.2, 0) is 0 Å². The Kier molecular flexibility index (Phi) is 23.9. The van der Waals surface area contributed by atoms with Crippen molar-refractivity contribution in [1.82, 2.24) is 0 Å². The first-order chi connectivity index (χ1) is 15.9. The van der Waals surface area contributed by atoms with Gasteiger partial charge < -0.3 is 5.11 Å². The average molecular weight is 469 g/mol. The Morgan fingerprint density at radius 1 is 0.500 bits per heavy atom. The first-order valence-corrected chi connectivity index (χ1v) is 15.5. The third-order valence-electron chi connectivity index (χ3n) is 6.94. The molecule has 0 aliphatic heterocycles. The van der Waals surface area contributed by atoms with E-state index in [4.69, 9.17) is 5.11 Å². The van der Waals surface area contributed by atoms with Crippen molar-refractivity contribution in [3.63, 3.8) is 0 Å². The van der Waals surface area contributed by atoms with Crippen molar-refractivity contribution in [3.8, 4) is 0 Å². The van der Waals surface area contributed by atoms with Gasteiger partial charge in [0.15, 0.2) is 0 Å². The fourth-order valence-electron chi connectivity index (χ4n) is 4.78. The summed E-state index contributed by atoms with van der Waals surface area (Å²) in [6, 6.07) is 0. The van der Waals surface area contributed by atoms with E-state index < -0.39 is 0 Å². The van der Waals surface area contributed by atoms with Crippen LogP contribution in [0.25, 0.3) is 0 Å². The van der Waals surface area contributed by atoms with Gasteiger partial charge in [-0.1, -0.05) is 128 Å². The summed E-state index contributed by atoms with van der Waals surface area (Å²) in [5.41, 5.74) is 0. The molecular formula is C28H56N2OS. The molecule has 32 heavy (non-hydrogen) atoms. The molecule has 0 saturated heterocycles. The quantitative estimate of drug-likeness (QED) is 0.170. The molecule has 0 radical (unpaired) electrons. The summed E-state index contributed by atoms with van der Waals surface area (Å²) >= 11 is 2.07. The van der Waals surface area contributed by atoms with E-state index in [0.717, 1.165) is 24.1 Å². The van der Waals surface area contributed by atoms with E-state index in [9.17, 15) is 0 Å². The molecular weight excluding hydrogens is 412 g/mol. The maximum absolute atomic E-state index is 8.77. The van der Waals surface area contributed by atoms with Crippen LogP contribution in [0.15, 0.2) is 10.2 Å². The van der Waals surface area contributed by atoms with E-state index in [0.29, 0.717) is 6.61 Å². The Labute approximate surface area is 205 Å². The highest BCUT2D eigenvalue weighted by atomic mass is 32.2. The zero-order chi connectivity index (χ0) is 22.8. The largest absolute Gasteiger partial charge is 0.396 e. The smallest absolute Gasteiger partial charge is 0.105 e. The van der Waals surface area contributed by atoms with Gasteiger partial charge in [-0.3, -0.25) is 0 Å². The SMILES string of the molecule is OCCCCCCCCCCCCCC/N=N\CSC1CCCCCCCCCCCC1. The van der Waals surface area contributed by atoms with Crippen LogP contribution in [0.5, 0.6) is 0 Å². The fourth-order valence-corrected chi connectivity index (χ4v) is 5.81. The lowest BCUT2D eigenvalue weighted by Crippen LogP contribution is -2.03. The van der Waals surface area contributed by atoms with Gasteiger partial charge in [0.05, 0.1) is 6.54 Å². The molecule has 0 bridgehead atoms. The van der Waals surface area contributed by atoms with Crippen LogP contribution >= 0.6 is 11.8 Å². The normalized spacial score (nSPS) is 17.8. The van der Waals surface area contributed by atoms with Gasteiger partial charge >= 0.3 is 0 Å². The van der Waals surface area contributed by atoms with Crippen molar-refractivity contribution in [3.05, 3.63) is 0 Å². The minimum atomic E-state index is 0.362. The Bertz CT molecular complexity index is 378. The Morgan fingerprint density at radius 3 is 1.38 bits per heavy atom. The van der Waals surface area contributed by atoms with E-state index in [1.165, 1.54) is 148 Å². The van der Waals surface area contributed by atoms with E-state index >= 15 is 0 Å². The number of unbranched alkanes of at least 4 members (excludes halogenated alkanes) is 11. The molecule has 1 aliphatic carbocycles. The molecule has 1 rings (SSSR count). The zero-order valence-corrected chi connectivity index (χ0v) is 22.2. The number of hydrogen-bond donors (Lipinski definition) is 1. The molecule has 0 aromatic rings. The fraction of sp³-hybridized carbons (Fsp3) is 1.00. The van der Waals surface area contributed by atoms with E-state index in [1.54, 1.807) is 0 Å². The second-order valence-corrected chi connectivity index (χ2v) is 11.3. The lowest BCUT2D eigenvalue weighted by molar-refractivity contribution is 0.282. The molecule has 190 valence electrons. The highest BCUT2D eigenvalue weighted by Crippen LogP contribution is 2.25. The van der Waals surface area contributed by atoms with Gasteiger partial charge in [0.1, 0.15) is 5.88 Å². The number of thioether (sulfide) groups is 1. The van der Waals surface area contributed by atoms with Crippen LogP contribution < -0.4 is 0 Å². The predicted octanol–water partition coefficient (Wildman–Crippen LogP) is 9.87. The Balaban J connectivity index is 1.90. The molecule has 1 N–H and O–H groups in total. The van der Waals surface area contributed by atoms with Gasteiger partial charge in [-0.2, -0.15) is 10.2 Å². The van der Waals surface area contributed by atoms with E-state index in [1.807, 2.05) is 0 Å². The van der Waals surface area contributed by atoms with Crippen molar-refractivity contribution >= 4 is 11.8 Å². The molecule has 0 aromatic heterocycles. The molecule has 0 atom stereocenters. The number of rotatable bonds is 17. The molecule has 0 aromatic carbocycles. The van der Waals surface area contributed by atoms with Crippen molar-refractivity contribution in [1.29, 1.82) is 0 Å². The summed E-state index contributed by atoms with van der Waals surface area (Å²) in [6.45, 7) is 1.29. The van der Waals surface area contributed by atoms with Crippen LogP contribution in [0.2, 0.25) is 0 Å². The van der Waals surface area contributed by atoms with Crippen LogP contribution in [0.3, 0.4) is 0 Å². The van der Waals surface area contributed by atoms with Crippen molar-refractivity contribution < 1.29 is 5.11 Å². The lowest BCUT2D eigenvalue weighted by Gasteiger charge is -2.15. The summed E-state index contributed by atoms with van der Waals surface area (Å²) in [5, 5.41) is 18.5. The van der Waals surface area contributed by atoms with Gasteiger partial charge in [0, 0.05) is 11.9 Å². The number of aliphatic hydroxyl groups is 1. The summed E-state index contributed by atoms with van der Waals surface area (Å²) in [7, 11) is 0. The van der Waals surface area contributed by atoms with E-state index in [-0.39, 0.29) is 0 Å². The average Bonchev–Trinajstić information content (AvgIpc) is 2.83. The molecule has 0 amide bonds. The van der Waals surface area contributed by atoms with Gasteiger partial charge in [0.25, 0.3) is 0 Å². The second-order valence-electron chi connectivity index (χ2n) is 10.0. The van der Waals surface area contributed by atoms with Gasteiger partial charge in [-0.25, -0.2) is 0 Å². The highest BCUT2D eigenvalue weighted by Gasteiger charge is 2.09. The van der Waals surface area contributed by atoms with Crippen molar-refractivity contribution in [2.24, 2.45) is 10.2 Å². The number of azo groups is 1. The number of nitrogens with zero attached hydrogens (tertiary/aromatic N) is 2. The highest BCUT2D eigenvalue weighted by molar-refractivity contribution is 7.99. The van der Waals surface area contributed by atoms with Gasteiger partial charge in [0.2, 0.25) is 0 Å². The third kappa shape index (κ3) is 21.7. The Morgan fingerprint density at radius 2 is 0.906 bits per heavy atom. The lowest BCUT2D eigenvalue weighted by atomic mass is 10.1. The molecule has 1 fully saturated rings. The minimum Gasteiger partial charge on any atom is -0.396 e. The standard InChI is InChI=1S/C28H56N2OS/c31-26-22-18-14-10-6-2-1-5-9-13-17-21-25-29-30-27-32-28-23-19-15-11-7-3-4-8-12-16-20-24-28/h28,31H,1-27H2/b30-29-. The predicted molar refractivity (Wildman–Crippen MR) is 144 cm³/mol. The molecule has 3 nitrogen and oxygen atoms in total. The second kappa shape index (κ2) is 25.5. The van der Waals surface area contributed by atoms with Crippen LogP contribution in [0, 0.1) is 0 Å². The molecule has 0 heterocycles. The van der Waals surface area contributed by atoms with Crippen molar-refractivity contribution in [2.45, 2.75) is 159 Å². The first kappa shape index (κ1) is 29.9. The van der Waals surface area contributed by atoms with Crippen LogP contribution in [0.1, 0.15) is 154 Å². The summed E-state index contributed by atoms with van der Waals surface area (Å²) in [5.74, 6) is 0.880. The van der Waals surface area contributed by atoms with Crippen molar-refractivity contribution in [2.75, 3.05) is 19.0 Å².